The molecule has 0 saturated carbocycles. The van der Waals surface area contributed by atoms with Crippen LogP contribution in [0.25, 0.3) is 11.1 Å². The summed E-state index contributed by atoms with van der Waals surface area (Å²) in [5, 5.41) is 11.7. The Hall–Kier alpha value is -5.03. The maximum absolute atomic E-state index is 14.8. The summed E-state index contributed by atoms with van der Waals surface area (Å²) in [4.78, 5) is 28.7. The second-order valence-electron chi connectivity index (χ2n) is 7.66. The van der Waals surface area contributed by atoms with Crippen molar-refractivity contribution in [2.45, 2.75) is 6.54 Å². The molecular formula is C28H20FN3O4. The molecule has 1 heterocycles. The number of nitrogens with one attached hydrogen (secondary N) is 1. The number of halogens is 1. The van der Waals surface area contributed by atoms with Gasteiger partial charge in [0.15, 0.2) is 0 Å². The molecule has 1 amide bonds. The van der Waals surface area contributed by atoms with Gasteiger partial charge < -0.3 is 14.8 Å². The number of rotatable bonds is 7. The maximum atomic E-state index is 14.8. The van der Waals surface area contributed by atoms with Crippen LogP contribution in [-0.4, -0.2) is 24.0 Å². The minimum atomic E-state index is -0.507. The van der Waals surface area contributed by atoms with Crippen LogP contribution in [0.1, 0.15) is 31.8 Å². The van der Waals surface area contributed by atoms with Crippen LogP contribution in [0.15, 0.2) is 85.1 Å². The Bertz CT molecular complexity index is 1480. The molecule has 0 fully saturated rings. The van der Waals surface area contributed by atoms with Gasteiger partial charge in [0.25, 0.3) is 5.91 Å². The van der Waals surface area contributed by atoms with Crippen molar-refractivity contribution in [2.75, 3.05) is 7.11 Å². The van der Waals surface area contributed by atoms with Gasteiger partial charge >= 0.3 is 5.97 Å². The van der Waals surface area contributed by atoms with E-state index in [0.29, 0.717) is 28.0 Å². The van der Waals surface area contributed by atoms with Crippen molar-refractivity contribution in [3.05, 3.63) is 113 Å². The first-order chi connectivity index (χ1) is 17.5. The zero-order chi connectivity index (χ0) is 25.5. The third-order valence-electron chi connectivity index (χ3n) is 5.30. The first-order valence-electron chi connectivity index (χ1n) is 10.9. The van der Waals surface area contributed by atoms with Crippen molar-refractivity contribution in [2.24, 2.45) is 0 Å². The lowest BCUT2D eigenvalue weighted by Gasteiger charge is -2.11. The fourth-order valence-corrected chi connectivity index (χ4v) is 3.47. The van der Waals surface area contributed by atoms with Crippen molar-refractivity contribution in [1.82, 2.24) is 10.3 Å². The van der Waals surface area contributed by atoms with Crippen molar-refractivity contribution < 1.29 is 23.5 Å². The Morgan fingerprint density at radius 3 is 2.58 bits per heavy atom. The van der Waals surface area contributed by atoms with Crippen LogP contribution in [-0.2, 0) is 11.3 Å². The van der Waals surface area contributed by atoms with Gasteiger partial charge in [0, 0.05) is 18.3 Å². The van der Waals surface area contributed by atoms with Gasteiger partial charge in [0.05, 0.1) is 24.3 Å². The highest BCUT2D eigenvalue weighted by Crippen LogP contribution is 2.25. The Morgan fingerprint density at radius 2 is 1.81 bits per heavy atom. The van der Waals surface area contributed by atoms with E-state index in [1.165, 1.54) is 25.4 Å². The van der Waals surface area contributed by atoms with Gasteiger partial charge in [0.1, 0.15) is 17.1 Å². The van der Waals surface area contributed by atoms with E-state index in [9.17, 15) is 14.0 Å². The Morgan fingerprint density at radius 1 is 1.00 bits per heavy atom. The normalized spacial score (nSPS) is 10.2. The summed E-state index contributed by atoms with van der Waals surface area (Å²) in [7, 11) is 1.30. The number of methoxy groups -OCH3 is 1. The van der Waals surface area contributed by atoms with Gasteiger partial charge in [-0.25, -0.2) is 14.2 Å². The maximum Gasteiger partial charge on any atom is 0.337 e. The molecule has 0 bridgehead atoms. The van der Waals surface area contributed by atoms with Crippen LogP contribution in [0.2, 0.25) is 0 Å². The lowest BCUT2D eigenvalue weighted by atomic mass is 10.0. The Balaban J connectivity index is 1.47. The van der Waals surface area contributed by atoms with Crippen LogP contribution >= 0.6 is 0 Å². The van der Waals surface area contributed by atoms with E-state index in [4.69, 9.17) is 14.7 Å². The molecule has 0 atom stereocenters. The van der Waals surface area contributed by atoms with Gasteiger partial charge in [-0.3, -0.25) is 4.79 Å². The number of aromatic nitrogens is 1. The molecule has 3 aromatic carbocycles. The van der Waals surface area contributed by atoms with Crippen LogP contribution < -0.4 is 10.1 Å². The van der Waals surface area contributed by atoms with E-state index in [1.54, 1.807) is 66.7 Å². The van der Waals surface area contributed by atoms with Crippen molar-refractivity contribution in [3.8, 4) is 28.8 Å². The number of nitrogens with zero attached hydrogens (tertiary/aromatic N) is 2. The fraction of sp³-hybridized carbons (Fsp3) is 0.0714. The first kappa shape index (κ1) is 24.1. The lowest BCUT2D eigenvalue weighted by Crippen LogP contribution is -2.24. The zero-order valence-electron chi connectivity index (χ0n) is 19.2. The molecule has 0 unspecified atom stereocenters. The quantitative estimate of drug-likeness (QED) is 0.361. The lowest BCUT2D eigenvalue weighted by molar-refractivity contribution is 0.0600. The van der Waals surface area contributed by atoms with Gasteiger partial charge in [-0.2, -0.15) is 5.26 Å². The summed E-state index contributed by atoms with van der Waals surface area (Å²) in [6, 6.07) is 23.0. The van der Waals surface area contributed by atoms with Gasteiger partial charge in [0.2, 0.25) is 5.88 Å². The number of carbonyl (C=O) groups is 2. The van der Waals surface area contributed by atoms with E-state index < -0.39 is 17.7 Å². The monoisotopic (exact) mass is 481 g/mol. The summed E-state index contributed by atoms with van der Waals surface area (Å²) in [5.74, 6) is -1.06. The summed E-state index contributed by atoms with van der Waals surface area (Å²) in [6.45, 7) is -0.0641. The molecule has 0 aliphatic rings. The average Bonchev–Trinajstić information content (AvgIpc) is 2.92. The number of hydrogen-bond acceptors (Lipinski definition) is 6. The van der Waals surface area contributed by atoms with E-state index >= 15 is 0 Å². The number of pyridine rings is 1. The van der Waals surface area contributed by atoms with Crippen LogP contribution in [0.3, 0.4) is 0 Å². The predicted octanol–water partition coefficient (Wildman–Crippen LogP) is 5.27. The largest absolute Gasteiger partial charge is 0.465 e. The average molecular weight is 481 g/mol. The number of hydrogen-bond donors (Lipinski definition) is 1. The van der Waals surface area contributed by atoms with Gasteiger partial charge in [-0.15, -0.1) is 0 Å². The fourth-order valence-electron chi connectivity index (χ4n) is 3.47. The molecule has 1 aromatic heterocycles. The number of amides is 1. The molecule has 0 spiro atoms. The first-order valence-corrected chi connectivity index (χ1v) is 10.9. The third-order valence-corrected chi connectivity index (χ3v) is 5.30. The molecule has 178 valence electrons. The topological polar surface area (TPSA) is 101 Å². The summed E-state index contributed by atoms with van der Waals surface area (Å²) in [6.07, 6.45) is 1.48. The van der Waals surface area contributed by atoms with E-state index in [1.807, 2.05) is 6.07 Å². The number of esters is 1. The number of carbonyl (C=O) groups excluding carboxylic acids is 2. The molecular weight excluding hydrogens is 461 g/mol. The van der Waals surface area contributed by atoms with Crippen molar-refractivity contribution in [1.29, 1.82) is 5.26 Å². The molecule has 0 saturated heterocycles. The number of ether oxygens (including phenoxy) is 2. The smallest absolute Gasteiger partial charge is 0.337 e. The number of nitriles is 1. The van der Waals surface area contributed by atoms with Crippen LogP contribution in [0.4, 0.5) is 4.39 Å². The van der Waals surface area contributed by atoms with Gasteiger partial charge in [-0.1, -0.05) is 30.3 Å². The minimum absolute atomic E-state index is 0.0615. The predicted molar refractivity (Wildman–Crippen MR) is 130 cm³/mol. The SMILES string of the molecule is COC(=O)c1cccc(-c2ccc(CNC(=O)c3cccnc3Oc3cccc(C#N)c3)c(F)c2)c1. The Kier molecular flexibility index (Phi) is 7.32. The third kappa shape index (κ3) is 5.54. The van der Waals surface area contributed by atoms with E-state index in [0.717, 1.165) is 0 Å². The van der Waals surface area contributed by atoms with E-state index in [2.05, 4.69) is 10.3 Å². The highest BCUT2D eigenvalue weighted by atomic mass is 19.1. The number of benzene rings is 3. The second-order valence-corrected chi connectivity index (χ2v) is 7.66. The standard InChI is InChI=1S/C28H20FN3O4/c1-35-28(34)21-7-3-6-19(14-21)20-10-11-22(25(29)15-20)17-32-26(33)24-9-4-12-31-27(24)36-23-8-2-5-18(13-23)16-30/h2-15H,17H2,1H3,(H,32,33). The molecule has 36 heavy (non-hydrogen) atoms. The van der Waals surface area contributed by atoms with Crippen LogP contribution in [0.5, 0.6) is 11.6 Å². The highest BCUT2D eigenvalue weighted by Gasteiger charge is 2.16. The summed E-state index contributed by atoms with van der Waals surface area (Å²) in [5.41, 5.74) is 2.45. The minimum Gasteiger partial charge on any atom is -0.465 e. The molecule has 4 rings (SSSR count). The Labute approximate surface area is 206 Å². The van der Waals surface area contributed by atoms with Crippen molar-refractivity contribution in [3.63, 3.8) is 0 Å². The molecule has 4 aromatic rings. The second kappa shape index (κ2) is 10.9. The molecule has 0 aliphatic heterocycles. The zero-order valence-corrected chi connectivity index (χ0v) is 19.2. The molecule has 1 N–H and O–H groups in total. The van der Waals surface area contributed by atoms with E-state index in [-0.39, 0.29) is 23.6 Å². The molecule has 8 heteroatoms. The highest BCUT2D eigenvalue weighted by molar-refractivity contribution is 5.96. The molecule has 0 radical (unpaired) electrons. The summed E-state index contributed by atoms with van der Waals surface area (Å²) >= 11 is 0. The van der Waals surface area contributed by atoms with Gasteiger partial charge in [-0.05, 0) is 59.7 Å². The molecule has 7 nitrogen and oxygen atoms in total. The van der Waals surface area contributed by atoms with Crippen molar-refractivity contribution >= 4 is 11.9 Å². The summed E-state index contributed by atoms with van der Waals surface area (Å²) < 4.78 is 25.3. The molecule has 0 aliphatic carbocycles. The van der Waals surface area contributed by atoms with Crippen LogP contribution in [0, 0.1) is 17.1 Å².